The van der Waals surface area contributed by atoms with Crippen molar-refractivity contribution in [3.63, 3.8) is 0 Å². The standard InChI is InChI=1S/C12H17BrN4O2/c1-8-2-3-16(7-9(8)4-14)12-10(13)5-15-6-11(12)17(18)19/h5-6,8-9H,2-4,7,14H2,1H3. The molecule has 19 heavy (non-hydrogen) atoms. The Balaban J connectivity index is 2.34. The molecule has 1 saturated heterocycles. The monoisotopic (exact) mass is 328 g/mol. The molecule has 2 heterocycles. The van der Waals surface area contributed by atoms with E-state index in [9.17, 15) is 10.1 Å². The van der Waals surface area contributed by atoms with Gasteiger partial charge in [0.2, 0.25) is 0 Å². The number of rotatable bonds is 3. The Labute approximate surface area is 120 Å². The molecule has 1 aliphatic heterocycles. The quantitative estimate of drug-likeness (QED) is 0.678. The second-order valence-electron chi connectivity index (χ2n) is 4.95. The number of aromatic nitrogens is 1. The molecule has 2 N–H and O–H groups in total. The highest BCUT2D eigenvalue weighted by Gasteiger charge is 2.30. The zero-order chi connectivity index (χ0) is 14.0. The zero-order valence-corrected chi connectivity index (χ0v) is 12.3. The summed E-state index contributed by atoms with van der Waals surface area (Å²) < 4.78 is 0.659. The summed E-state index contributed by atoms with van der Waals surface area (Å²) in [6.07, 6.45) is 3.89. The maximum Gasteiger partial charge on any atom is 0.311 e. The minimum absolute atomic E-state index is 0.0414. The highest BCUT2D eigenvalue weighted by Crippen LogP contribution is 2.37. The van der Waals surface area contributed by atoms with Crippen molar-refractivity contribution in [1.29, 1.82) is 0 Å². The largest absolute Gasteiger partial charge is 0.365 e. The van der Waals surface area contributed by atoms with Crippen LogP contribution in [0.25, 0.3) is 0 Å². The third-order valence-corrected chi connectivity index (χ3v) is 4.36. The van der Waals surface area contributed by atoms with Crippen LogP contribution in [0.15, 0.2) is 16.9 Å². The first-order chi connectivity index (χ1) is 9.04. The molecule has 0 spiro atoms. The molecule has 0 radical (unpaired) electrons. The summed E-state index contributed by atoms with van der Waals surface area (Å²) in [7, 11) is 0. The lowest BCUT2D eigenvalue weighted by molar-refractivity contribution is -0.384. The molecule has 104 valence electrons. The summed E-state index contributed by atoms with van der Waals surface area (Å²) in [6.45, 7) is 4.35. The van der Waals surface area contributed by atoms with Crippen molar-refractivity contribution < 1.29 is 4.92 Å². The number of hydrogen-bond donors (Lipinski definition) is 1. The van der Waals surface area contributed by atoms with Gasteiger partial charge in [0.1, 0.15) is 11.9 Å². The molecule has 0 aliphatic carbocycles. The van der Waals surface area contributed by atoms with E-state index in [1.165, 1.54) is 6.20 Å². The minimum atomic E-state index is -0.386. The predicted octanol–water partition coefficient (Wildman–Crippen LogP) is 2.17. The molecule has 1 aromatic rings. The Morgan fingerprint density at radius 2 is 2.37 bits per heavy atom. The van der Waals surface area contributed by atoms with Crippen LogP contribution in [-0.2, 0) is 0 Å². The van der Waals surface area contributed by atoms with E-state index in [4.69, 9.17) is 5.73 Å². The van der Waals surface area contributed by atoms with Crippen LogP contribution in [0.1, 0.15) is 13.3 Å². The van der Waals surface area contributed by atoms with Crippen molar-refractivity contribution >= 4 is 27.3 Å². The molecule has 2 unspecified atom stereocenters. The van der Waals surface area contributed by atoms with Gasteiger partial charge in [-0.15, -0.1) is 0 Å². The number of nitro groups is 1. The molecule has 1 fully saturated rings. The second kappa shape index (κ2) is 5.83. The van der Waals surface area contributed by atoms with Crippen molar-refractivity contribution in [1.82, 2.24) is 4.98 Å². The second-order valence-corrected chi connectivity index (χ2v) is 5.81. The molecular weight excluding hydrogens is 312 g/mol. The zero-order valence-electron chi connectivity index (χ0n) is 10.8. The molecule has 2 atom stereocenters. The van der Waals surface area contributed by atoms with Crippen molar-refractivity contribution in [2.24, 2.45) is 17.6 Å². The van der Waals surface area contributed by atoms with Crippen molar-refractivity contribution in [2.75, 3.05) is 24.5 Å². The summed E-state index contributed by atoms with van der Waals surface area (Å²) >= 11 is 3.37. The van der Waals surface area contributed by atoms with Gasteiger partial charge in [-0.05, 0) is 40.7 Å². The van der Waals surface area contributed by atoms with E-state index in [1.54, 1.807) is 6.20 Å². The van der Waals surface area contributed by atoms with Gasteiger partial charge in [0.15, 0.2) is 0 Å². The Morgan fingerprint density at radius 1 is 1.63 bits per heavy atom. The molecule has 6 nitrogen and oxygen atoms in total. The number of anilines is 1. The lowest BCUT2D eigenvalue weighted by Crippen LogP contribution is -2.43. The van der Waals surface area contributed by atoms with Crippen LogP contribution >= 0.6 is 15.9 Å². The highest BCUT2D eigenvalue weighted by atomic mass is 79.9. The fourth-order valence-electron chi connectivity index (χ4n) is 2.52. The number of nitrogens with zero attached hydrogens (tertiary/aromatic N) is 3. The maximum atomic E-state index is 11.1. The lowest BCUT2D eigenvalue weighted by Gasteiger charge is -2.37. The molecule has 1 aromatic heterocycles. The molecule has 2 rings (SSSR count). The number of piperidine rings is 1. The highest BCUT2D eigenvalue weighted by molar-refractivity contribution is 9.10. The maximum absolute atomic E-state index is 11.1. The summed E-state index contributed by atoms with van der Waals surface area (Å²) in [5, 5.41) is 11.1. The van der Waals surface area contributed by atoms with Gasteiger partial charge >= 0.3 is 5.69 Å². The fourth-order valence-corrected chi connectivity index (χ4v) is 3.10. The fraction of sp³-hybridized carbons (Fsp3) is 0.583. The van der Waals surface area contributed by atoms with Gasteiger partial charge in [0.25, 0.3) is 0 Å². The molecule has 0 amide bonds. The van der Waals surface area contributed by atoms with E-state index in [2.05, 4.69) is 27.8 Å². The number of hydrogen-bond acceptors (Lipinski definition) is 5. The van der Waals surface area contributed by atoms with E-state index in [-0.39, 0.29) is 10.6 Å². The van der Waals surface area contributed by atoms with E-state index >= 15 is 0 Å². The number of nitrogens with two attached hydrogens (primary N) is 1. The number of pyridine rings is 1. The summed E-state index contributed by atoms with van der Waals surface area (Å²) in [5.74, 6) is 0.925. The smallest absolute Gasteiger partial charge is 0.311 e. The van der Waals surface area contributed by atoms with Crippen molar-refractivity contribution in [3.05, 3.63) is 27.0 Å². The molecule has 0 aromatic carbocycles. The first kappa shape index (κ1) is 14.2. The van der Waals surface area contributed by atoms with E-state index in [0.29, 0.717) is 28.5 Å². The average Bonchev–Trinajstić information content (AvgIpc) is 2.39. The minimum Gasteiger partial charge on any atom is -0.365 e. The molecule has 0 bridgehead atoms. The summed E-state index contributed by atoms with van der Waals surface area (Å²) in [4.78, 5) is 16.7. The summed E-state index contributed by atoms with van der Waals surface area (Å²) in [5.41, 5.74) is 6.44. The normalized spacial score (nSPS) is 23.4. The Kier molecular flexibility index (Phi) is 4.36. The third kappa shape index (κ3) is 2.87. The average molecular weight is 329 g/mol. The van der Waals surface area contributed by atoms with E-state index < -0.39 is 0 Å². The van der Waals surface area contributed by atoms with Gasteiger partial charge in [-0.2, -0.15) is 0 Å². The van der Waals surface area contributed by atoms with Crippen molar-refractivity contribution in [2.45, 2.75) is 13.3 Å². The van der Waals surface area contributed by atoms with Crippen LogP contribution in [0.5, 0.6) is 0 Å². The Hall–Kier alpha value is -1.21. The van der Waals surface area contributed by atoms with Gasteiger partial charge in [-0.3, -0.25) is 15.1 Å². The number of halogens is 1. The van der Waals surface area contributed by atoms with Gasteiger partial charge in [0, 0.05) is 19.3 Å². The Bertz CT molecular complexity index is 483. The molecule has 1 aliphatic rings. The molecule has 7 heteroatoms. The SMILES string of the molecule is CC1CCN(c2c(Br)cncc2[N+](=O)[O-])CC1CN. The molecule has 0 saturated carbocycles. The lowest BCUT2D eigenvalue weighted by atomic mass is 9.87. The third-order valence-electron chi connectivity index (χ3n) is 3.78. The van der Waals surface area contributed by atoms with Gasteiger partial charge < -0.3 is 10.6 Å². The first-order valence-electron chi connectivity index (χ1n) is 6.27. The van der Waals surface area contributed by atoms with Gasteiger partial charge in [0.05, 0.1) is 9.40 Å². The Morgan fingerprint density at radius 3 is 3.00 bits per heavy atom. The van der Waals surface area contributed by atoms with Crippen molar-refractivity contribution in [3.8, 4) is 0 Å². The van der Waals surface area contributed by atoms with Crippen LogP contribution in [0.4, 0.5) is 11.4 Å². The summed E-state index contributed by atoms with van der Waals surface area (Å²) in [6, 6.07) is 0. The van der Waals surface area contributed by atoms with Crippen LogP contribution in [0.3, 0.4) is 0 Å². The van der Waals surface area contributed by atoms with Gasteiger partial charge in [-0.25, -0.2) is 0 Å². The predicted molar refractivity (Wildman–Crippen MR) is 77.1 cm³/mol. The first-order valence-corrected chi connectivity index (χ1v) is 7.06. The van der Waals surface area contributed by atoms with Crippen LogP contribution in [0, 0.1) is 22.0 Å². The topological polar surface area (TPSA) is 85.3 Å². The van der Waals surface area contributed by atoms with Crippen LogP contribution < -0.4 is 10.6 Å². The van der Waals surface area contributed by atoms with Crippen LogP contribution in [0.2, 0.25) is 0 Å². The van der Waals surface area contributed by atoms with Crippen LogP contribution in [-0.4, -0.2) is 29.5 Å². The van der Waals surface area contributed by atoms with Gasteiger partial charge in [-0.1, -0.05) is 6.92 Å². The van der Waals surface area contributed by atoms with E-state index in [1.807, 2.05) is 4.90 Å². The van der Waals surface area contributed by atoms with E-state index in [0.717, 1.165) is 19.5 Å². The molecular formula is C12H17BrN4O2.